The Hall–Kier alpha value is -2.15. The normalized spacial score (nSPS) is 15.8. The van der Waals surface area contributed by atoms with E-state index in [1.807, 2.05) is 24.3 Å². The van der Waals surface area contributed by atoms with Gasteiger partial charge >= 0.3 is 0 Å². The van der Waals surface area contributed by atoms with Crippen LogP contribution < -0.4 is 10.1 Å². The first-order chi connectivity index (χ1) is 12.5. The number of hydrogen-bond acceptors (Lipinski definition) is 5. The smallest absolute Gasteiger partial charge is 0.232 e. The molecule has 1 heterocycles. The molecular formula is C19H24N2O4S. The highest BCUT2D eigenvalue weighted by Crippen LogP contribution is 2.25. The van der Waals surface area contributed by atoms with Crippen LogP contribution in [0.25, 0.3) is 11.5 Å². The molecule has 26 heavy (non-hydrogen) atoms. The van der Waals surface area contributed by atoms with Crippen LogP contribution in [-0.4, -0.2) is 34.0 Å². The van der Waals surface area contributed by atoms with Crippen molar-refractivity contribution in [3.05, 3.63) is 35.7 Å². The van der Waals surface area contributed by atoms with Gasteiger partial charge in [0.2, 0.25) is 11.8 Å². The minimum atomic E-state index is -1.32. The molecule has 0 spiro atoms. The van der Waals surface area contributed by atoms with Gasteiger partial charge in [-0.3, -0.25) is 9.00 Å². The summed E-state index contributed by atoms with van der Waals surface area (Å²) in [4.78, 5) is 16.5. The molecule has 1 atom stereocenters. The van der Waals surface area contributed by atoms with Crippen LogP contribution in [0.3, 0.4) is 0 Å². The Morgan fingerprint density at radius 2 is 2.15 bits per heavy atom. The molecule has 6 nitrogen and oxygen atoms in total. The SMILES string of the molecule is COc1cccc(-c2nc(CS(=O)CC(=O)NC3CCCC3)c(C)o2)c1. The molecule has 1 unspecified atom stereocenters. The van der Waals surface area contributed by atoms with Crippen LogP contribution in [0, 0.1) is 6.92 Å². The third-order valence-corrected chi connectivity index (χ3v) is 5.70. The van der Waals surface area contributed by atoms with Crippen LogP contribution in [0.4, 0.5) is 0 Å². The zero-order valence-corrected chi connectivity index (χ0v) is 15.9. The number of aromatic nitrogens is 1. The van der Waals surface area contributed by atoms with Crippen molar-refractivity contribution in [3.8, 4) is 17.2 Å². The van der Waals surface area contributed by atoms with Gasteiger partial charge in [-0.2, -0.15) is 0 Å². The summed E-state index contributed by atoms with van der Waals surface area (Å²) in [6.45, 7) is 1.79. The molecular weight excluding hydrogens is 352 g/mol. The zero-order valence-electron chi connectivity index (χ0n) is 15.1. The van der Waals surface area contributed by atoms with E-state index in [0.29, 0.717) is 23.1 Å². The summed E-state index contributed by atoms with van der Waals surface area (Å²) < 4.78 is 23.3. The number of benzene rings is 1. The molecule has 1 aromatic heterocycles. The van der Waals surface area contributed by atoms with E-state index in [0.717, 1.165) is 31.2 Å². The Morgan fingerprint density at radius 3 is 2.88 bits per heavy atom. The first kappa shape index (κ1) is 18.6. The lowest BCUT2D eigenvalue weighted by Gasteiger charge is -2.11. The Labute approximate surface area is 155 Å². The van der Waals surface area contributed by atoms with Gasteiger partial charge in [-0.05, 0) is 38.0 Å². The Balaban J connectivity index is 1.61. The highest BCUT2D eigenvalue weighted by Gasteiger charge is 2.20. The number of oxazole rings is 1. The van der Waals surface area contributed by atoms with E-state index >= 15 is 0 Å². The second-order valence-corrected chi connectivity index (χ2v) is 7.99. The van der Waals surface area contributed by atoms with Crippen molar-refractivity contribution >= 4 is 16.7 Å². The van der Waals surface area contributed by atoms with E-state index in [4.69, 9.17) is 9.15 Å². The van der Waals surface area contributed by atoms with E-state index in [2.05, 4.69) is 10.3 Å². The van der Waals surface area contributed by atoms with Gasteiger partial charge in [0.15, 0.2) is 0 Å². The van der Waals surface area contributed by atoms with Crippen LogP contribution >= 0.6 is 0 Å². The number of nitrogens with zero attached hydrogens (tertiary/aromatic N) is 1. The van der Waals surface area contributed by atoms with Gasteiger partial charge in [-0.25, -0.2) is 4.98 Å². The summed E-state index contributed by atoms with van der Waals surface area (Å²) >= 11 is 0. The average molecular weight is 376 g/mol. The molecule has 1 amide bonds. The van der Waals surface area contributed by atoms with Gasteiger partial charge in [0.25, 0.3) is 0 Å². The number of carbonyl (C=O) groups is 1. The molecule has 0 aliphatic heterocycles. The standard InChI is InChI=1S/C19H24N2O4S/c1-13-17(11-26(23)12-18(22)20-15-7-3-4-8-15)21-19(25-13)14-6-5-9-16(10-14)24-2/h5-6,9-10,15H,3-4,7-8,11-12H2,1-2H3,(H,20,22). The Kier molecular flexibility index (Phi) is 6.08. The van der Waals surface area contributed by atoms with Gasteiger partial charge < -0.3 is 14.5 Å². The molecule has 1 aliphatic rings. The summed E-state index contributed by atoms with van der Waals surface area (Å²) in [7, 11) is 0.283. The van der Waals surface area contributed by atoms with Gasteiger partial charge in [0, 0.05) is 22.4 Å². The molecule has 140 valence electrons. The van der Waals surface area contributed by atoms with Crippen molar-refractivity contribution in [3.63, 3.8) is 0 Å². The minimum Gasteiger partial charge on any atom is -0.497 e. The quantitative estimate of drug-likeness (QED) is 0.803. The number of nitrogens with one attached hydrogen (secondary N) is 1. The average Bonchev–Trinajstić information content (AvgIpc) is 3.25. The second-order valence-electron chi connectivity index (χ2n) is 6.53. The maximum atomic E-state index is 12.3. The van der Waals surface area contributed by atoms with Crippen LogP contribution in [0.1, 0.15) is 37.1 Å². The predicted molar refractivity (Wildman–Crippen MR) is 100 cm³/mol. The third-order valence-electron chi connectivity index (χ3n) is 4.52. The first-order valence-electron chi connectivity index (χ1n) is 8.80. The highest BCUT2D eigenvalue weighted by atomic mass is 32.2. The van der Waals surface area contributed by atoms with Crippen molar-refractivity contribution in [2.45, 2.75) is 44.4 Å². The number of methoxy groups -OCH3 is 1. The third kappa shape index (κ3) is 4.72. The summed E-state index contributed by atoms with van der Waals surface area (Å²) in [5.74, 6) is 1.85. The number of amides is 1. The number of hydrogen-bond donors (Lipinski definition) is 1. The molecule has 1 aromatic carbocycles. The Morgan fingerprint density at radius 1 is 1.38 bits per heavy atom. The summed E-state index contributed by atoms with van der Waals surface area (Å²) in [6, 6.07) is 7.66. The fourth-order valence-electron chi connectivity index (χ4n) is 3.13. The molecule has 0 radical (unpaired) electrons. The molecule has 1 aliphatic carbocycles. The van der Waals surface area contributed by atoms with Crippen molar-refractivity contribution in [2.24, 2.45) is 0 Å². The lowest BCUT2D eigenvalue weighted by molar-refractivity contribution is -0.119. The molecule has 0 bridgehead atoms. The zero-order chi connectivity index (χ0) is 18.5. The minimum absolute atomic E-state index is 0.00269. The van der Waals surface area contributed by atoms with E-state index in [9.17, 15) is 9.00 Å². The number of aryl methyl sites for hydroxylation is 1. The summed E-state index contributed by atoms with van der Waals surface area (Å²) in [6.07, 6.45) is 4.34. The molecule has 3 rings (SSSR count). The first-order valence-corrected chi connectivity index (χ1v) is 10.3. The van der Waals surface area contributed by atoms with Crippen molar-refractivity contribution < 1.29 is 18.2 Å². The Bertz CT molecular complexity index is 797. The number of ether oxygens (including phenoxy) is 1. The van der Waals surface area contributed by atoms with Crippen LogP contribution in [0.2, 0.25) is 0 Å². The van der Waals surface area contributed by atoms with Crippen LogP contribution in [0.15, 0.2) is 28.7 Å². The van der Waals surface area contributed by atoms with Crippen molar-refractivity contribution in [2.75, 3.05) is 12.9 Å². The maximum absolute atomic E-state index is 12.3. The summed E-state index contributed by atoms with van der Waals surface area (Å²) in [5.41, 5.74) is 1.42. The molecule has 0 saturated heterocycles. The lowest BCUT2D eigenvalue weighted by atomic mass is 10.2. The molecule has 7 heteroatoms. The van der Waals surface area contributed by atoms with Gasteiger partial charge in [-0.15, -0.1) is 0 Å². The van der Waals surface area contributed by atoms with Gasteiger partial charge in [-0.1, -0.05) is 18.9 Å². The molecule has 2 aromatic rings. The lowest BCUT2D eigenvalue weighted by Crippen LogP contribution is -2.35. The van der Waals surface area contributed by atoms with E-state index in [-0.39, 0.29) is 23.5 Å². The fourth-order valence-corrected chi connectivity index (χ4v) is 4.18. The second kappa shape index (κ2) is 8.49. The predicted octanol–water partition coefficient (Wildman–Crippen LogP) is 2.97. The highest BCUT2D eigenvalue weighted by molar-refractivity contribution is 7.84. The van der Waals surface area contributed by atoms with Crippen molar-refractivity contribution in [1.82, 2.24) is 10.3 Å². The molecule has 1 saturated carbocycles. The van der Waals surface area contributed by atoms with Gasteiger partial charge in [0.1, 0.15) is 17.3 Å². The number of carbonyl (C=O) groups excluding carboxylic acids is 1. The van der Waals surface area contributed by atoms with E-state index in [1.54, 1.807) is 14.0 Å². The molecule has 1 fully saturated rings. The topological polar surface area (TPSA) is 81.4 Å². The van der Waals surface area contributed by atoms with Crippen LogP contribution in [-0.2, 0) is 21.3 Å². The van der Waals surface area contributed by atoms with E-state index in [1.165, 1.54) is 0 Å². The monoisotopic (exact) mass is 376 g/mol. The van der Waals surface area contributed by atoms with Crippen LogP contribution in [0.5, 0.6) is 5.75 Å². The number of rotatable bonds is 7. The fraction of sp³-hybridized carbons (Fsp3) is 0.474. The maximum Gasteiger partial charge on any atom is 0.232 e. The van der Waals surface area contributed by atoms with Crippen molar-refractivity contribution in [1.29, 1.82) is 0 Å². The summed E-state index contributed by atoms with van der Waals surface area (Å²) in [5, 5.41) is 2.96. The van der Waals surface area contributed by atoms with E-state index < -0.39 is 10.8 Å². The molecule has 1 N–H and O–H groups in total. The van der Waals surface area contributed by atoms with Gasteiger partial charge in [0.05, 0.1) is 18.6 Å². The largest absolute Gasteiger partial charge is 0.497 e.